The van der Waals surface area contributed by atoms with E-state index in [0.717, 1.165) is 108 Å². The molecule has 108 heavy (non-hydrogen) atoms. The van der Waals surface area contributed by atoms with Gasteiger partial charge in [-0.15, -0.1) is 0 Å². The van der Waals surface area contributed by atoms with Crippen LogP contribution in [0.4, 0.5) is 0 Å². The van der Waals surface area contributed by atoms with Crippen LogP contribution >= 0.6 is 15.6 Å². The Balaban J connectivity index is 5.23. The summed E-state index contributed by atoms with van der Waals surface area (Å²) >= 11 is 0. The smallest absolute Gasteiger partial charge is 0.462 e. The number of hydrogen-bond donors (Lipinski definition) is 3. The Bertz CT molecular complexity index is 2080. The number of ether oxygens (including phenoxy) is 4. The molecule has 0 radical (unpaired) electrons. The fourth-order valence-electron chi connectivity index (χ4n) is 13.9. The lowest BCUT2D eigenvalue weighted by atomic mass is 10.0. The number of phosphoric ester groups is 2. The molecule has 0 aliphatic heterocycles. The van der Waals surface area contributed by atoms with Crippen LogP contribution in [0.3, 0.4) is 0 Å². The molecule has 0 heterocycles. The molecule has 5 atom stereocenters. The Morgan fingerprint density at radius 3 is 0.630 bits per heavy atom. The molecule has 0 aliphatic carbocycles. The second-order valence-corrected chi connectivity index (χ2v) is 36.3. The number of carbonyl (C=O) groups excluding carboxylic acids is 4. The number of aliphatic hydroxyl groups excluding tert-OH is 1. The minimum absolute atomic E-state index is 0.108. The Labute approximate surface area is 664 Å². The monoisotopic (exact) mass is 1580 g/mol. The van der Waals surface area contributed by atoms with Gasteiger partial charge in [0.2, 0.25) is 0 Å². The van der Waals surface area contributed by atoms with E-state index >= 15 is 0 Å². The summed E-state index contributed by atoms with van der Waals surface area (Å²) in [5.41, 5.74) is 0. The number of esters is 4. The number of carbonyl (C=O) groups is 4. The maximum atomic E-state index is 13.2. The van der Waals surface area contributed by atoms with Gasteiger partial charge in [-0.25, -0.2) is 9.13 Å². The van der Waals surface area contributed by atoms with E-state index in [-0.39, 0.29) is 25.7 Å². The summed E-state index contributed by atoms with van der Waals surface area (Å²) in [4.78, 5) is 73.3. The number of rotatable bonds is 87. The highest BCUT2D eigenvalue weighted by Gasteiger charge is 2.31. The summed E-state index contributed by atoms with van der Waals surface area (Å²) in [5.74, 6) is 0.269. The summed E-state index contributed by atoms with van der Waals surface area (Å²) in [6, 6.07) is 0. The zero-order valence-corrected chi connectivity index (χ0v) is 73.1. The molecular weight excluding hydrogens is 1400 g/mol. The Morgan fingerprint density at radius 1 is 0.250 bits per heavy atom. The van der Waals surface area contributed by atoms with Crippen LogP contribution < -0.4 is 0 Å². The molecule has 3 N–H and O–H groups in total. The standard InChI is InChI=1S/C89H174O17P2/c1-8-9-10-11-12-13-14-15-24-32-37-42-51-58-65-72-89(94)106-85(77-100-87(92)71-64-57-50-45-44-48-55-62-69-82(6)7)79-104-108(97,98)102-75-83(90)74-101-107(95,96)103-78-84(105-88(93)73-66-59-52-43-38-33-28-23-19-17-21-26-30-35-40-47-54-61-68-81(4)5)76-99-86(91)70-63-56-49-41-36-31-27-22-18-16-20-25-29-34-39-46-53-60-67-80(2)3/h80-85,90H,8-79H2,1-7H3,(H,95,96)(H,97,98)/t83-,84-,85-/m1/s1. The second-order valence-electron chi connectivity index (χ2n) is 33.4. The number of unbranched alkanes of at least 4 members (excludes halogenated alkanes) is 55. The maximum Gasteiger partial charge on any atom is 0.472 e. The zero-order valence-electron chi connectivity index (χ0n) is 71.3. The third-order valence-corrected chi connectivity index (χ3v) is 22.8. The number of phosphoric acid groups is 2. The predicted octanol–water partition coefficient (Wildman–Crippen LogP) is 27.3. The van der Waals surface area contributed by atoms with Gasteiger partial charge >= 0.3 is 39.5 Å². The predicted molar refractivity (Wildman–Crippen MR) is 446 cm³/mol. The third kappa shape index (κ3) is 82.1. The van der Waals surface area contributed by atoms with Crippen molar-refractivity contribution < 1.29 is 80.2 Å². The van der Waals surface area contributed by atoms with Gasteiger partial charge in [0.25, 0.3) is 0 Å². The summed E-state index contributed by atoms with van der Waals surface area (Å²) in [6.45, 7) is 12.0. The molecule has 0 aromatic heterocycles. The zero-order chi connectivity index (χ0) is 79.3. The minimum Gasteiger partial charge on any atom is -0.462 e. The molecule has 0 aliphatic rings. The highest BCUT2D eigenvalue weighted by atomic mass is 31.2. The third-order valence-electron chi connectivity index (χ3n) is 20.9. The van der Waals surface area contributed by atoms with Crippen LogP contribution in [0, 0.1) is 17.8 Å². The van der Waals surface area contributed by atoms with Crippen molar-refractivity contribution in [2.24, 2.45) is 17.8 Å². The lowest BCUT2D eigenvalue weighted by Gasteiger charge is -2.21. The summed E-state index contributed by atoms with van der Waals surface area (Å²) in [5, 5.41) is 10.7. The normalized spacial score (nSPS) is 13.8. The van der Waals surface area contributed by atoms with Crippen molar-refractivity contribution in [1.29, 1.82) is 0 Å². The largest absolute Gasteiger partial charge is 0.472 e. The van der Waals surface area contributed by atoms with Gasteiger partial charge in [-0.05, 0) is 43.4 Å². The SMILES string of the molecule is CCCCCCCCCCCCCCCCCC(=O)O[C@H](COC(=O)CCCCCCCCCCC(C)C)COP(=O)(O)OC[C@H](O)COP(=O)(O)OC[C@@H](COC(=O)CCCCCCCCCCCCCCCCCCCCC(C)C)OC(=O)CCCCCCCCCCCCCCCCCCCCC(C)C. The van der Waals surface area contributed by atoms with Crippen LogP contribution in [0.1, 0.15) is 472 Å². The Kier molecular flexibility index (Phi) is 77.5. The lowest BCUT2D eigenvalue weighted by Crippen LogP contribution is -2.30. The first kappa shape index (κ1) is 106. The van der Waals surface area contributed by atoms with Crippen molar-refractivity contribution >= 4 is 39.5 Å². The van der Waals surface area contributed by atoms with E-state index in [0.29, 0.717) is 25.7 Å². The van der Waals surface area contributed by atoms with E-state index in [4.69, 9.17) is 37.0 Å². The summed E-state index contributed by atoms with van der Waals surface area (Å²) < 4.78 is 69.0. The van der Waals surface area contributed by atoms with Crippen LogP contribution in [0.2, 0.25) is 0 Å². The molecule has 0 aromatic rings. The van der Waals surface area contributed by atoms with Crippen LogP contribution in [0.5, 0.6) is 0 Å². The molecule has 0 aromatic carbocycles. The topological polar surface area (TPSA) is 237 Å². The first-order valence-electron chi connectivity index (χ1n) is 45.8. The fourth-order valence-corrected chi connectivity index (χ4v) is 15.5. The molecule has 19 heteroatoms. The van der Waals surface area contributed by atoms with E-state index in [2.05, 4.69) is 48.5 Å². The molecular formula is C89H174O17P2. The second kappa shape index (κ2) is 78.9. The van der Waals surface area contributed by atoms with Gasteiger partial charge in [-0.3, -0.25) is 37.3 Å². The average molecular weight is 1580 g/mol. The van der Waals surface area contributed by atoms with Crippen molar-refractivity contribution in [3.63, 3.8) is 0 Å². The summed E-state index contributed by atoms with van der Waals surface area (Å²) in [7, 11) is -9.93. The molecule has 0 fully saturated rings. The van der Waals surface area contributed by atoms with Gasteiger partial charge in [0.05, 0.1) is 26.4 Å². The highest BCUT2D eigenvalue weighted by Crippen LogP contribution is 2.45. The molecule has 0 rings (SSSR count). The fraction of sp³-hybridized carbons (Fsp3) is 0.955. The van der Waals surface area contributed by atoms with E-state index in [9.17, 15) is 43.2 Å². The van der Waals surface area contributed by atoms with Crippen molar-refractivity contribution in [3.8, 4) is 0 Å². The van der Waals surface area contributed by atoms with Gasteiger partial charge in [-0.1, -0.05) is 421 Å². The van der Waals surface area contributed by atoms with Crippen molar-refractivity contribution in [1.82, 2.24) is 0 Å². The minimum atomic E-state index is -4.97. The molecule has 0 amide bonds. The van der Waals surface area contributed by atoms with Crippen LogP contribution in [-0.4, -0.2) is 96.7 Å². The molecule has 0 saturated heterocycles. The molecule has 642 valence electrons. The molecule has 2 unspecified atom stereocenters. The first-order chi connectivity index (χ1) is 52.2. The maximum absolute atomic E-state index is 13.2. The first-order valence-corrected chi connectivity index (χ1v) is 48.8. The molecule has 0 bridgehead atoms. The van der Waals surface area contributed by atoms with Crippen molar-refractivity contribution in [2.75, 3.05) is 39.6 Å². The van der Waals surface area contributed by atoms with Gasteiger partial charge in [0.1, 0.15) is 19.3 Å². The van der Waals surface area contributed by atoms with Crippen molar-refractivity contribution in [2.45, 2.75) is 491 Å². The molecule has 0 spiro atoms. The Morgan fingerprint density at radius 2 is 0.426 bits per heavy atom. The average Bonchev–Trinajstić information content (AvgIpc) is 0.900. The van der Waals surface area contributed by atoms with Crippen LogP contribution in [0.15, 0.2) is 0 Å². The highest BCUT2D eigenvalue weighted by molar-refractivity contribution is 7.47. The number of aliphatic hydroxyl groups is 1. The van der Waals surface area contributed by atoms with E-state index < -0.39 is 97.5 Å². The number of hydrogen-bond acceptors (Lipinski definition) is 15. The summed E-state index contributed by atoms with van der Waals surface area (Å²) in [6.07, 6.45) is 70.9. The lowest BCUT2D eigenvalue weighted by molar-refractivity contribution is -0.161. The van der Waals surface area contributed by atoms with Crippen LogP contribution in [0.25, 0.3) is 0 Å². The van der Waals surface area contributed by atoms with Gasteiger partial charge < -0.3 is 33.8 Å². The Hall–Kier alpha value is -1.94. The van der Waals surface area contributed by atoms with E-state index in [1.165, 1.54) is 283 Å². The van der Waals surface area contributed by atoms with Gasteiger partial charge in [-0.2, -0.15) is 0 Å². The van der Waals surface area contributed by atoms with Gasteiger partial charge in [0, 0.05) is 25.7 Å². The van der Waals surface area contributed by atoms with Gasteiger partial charge in [0.15, 0.2) is 12.2 Å². The molecule has 17 nitrogen and oxygen atoms in total. The van der Waals surface area contributed by atoms with Crippen molar-refractivity contribution in [3.05, 3.63) is 0 Å². The molecule has 0 saturated carbocycles. The quantitative estimate of drug-likeness (QED) is 0.0222. The van der Waals surface area contributed by atoms with Crippen LogP contribution in [-0.2, 0) is 65.4 Å². The van der Waals surface area contributed by atoms with E-state index in [1.54, 1.807) is 0 Å². The van der Waals surface area contributed by atoms with E-state index in [1.807, 2.05) is 0 Å².